The lowest BCUT2D eigenvalue weighted by atomic mass is 9.75. The second-order valence-electron chi connectivity index (χ2n) is 9.13. The van der Waals surface area contributed by atoms with Gasteiger partial charge in [0.25, 0.3) is 5.91 Å². The van der Waals surface area contributed by atoms with Gasteiger partial charge in [-0.15, -0.1) is 0 Å². The lowest BCUT2D eigenvalue weighted by molar-refractivity contribution is -0.136. The van der Waals surface area contributed by atoms with Crippen molar-refractivity contribution in [2.45, 2.75) is 38.5 Å². The zero-order valence-corrected chi connectivity index (χ0v) is 19.5. The highest BCUT2D eigenvalue weighted by Crippen LogP contribution is 2.37. The molecule has 0 spiro atoms. The van der Waals surface area contributed by atoms with Gasteiger partial charge in [-0.05, 0) is 68.5 Å². The number of piperidine rings is 2. The zero-order chi connectivity index (χ0) is 23.3. The Morgan fingerprint density at radius 3 is 2.24 bits per heavy atom. The van der Waals surface area contributed by atoms with Gasteiger partial charge in [-0.3, -0.25) is 9.59 Å². The molecule has 0 aliphatic carbocycles. The summed E-state index contributed by atoms with van der Waals surface area (Å²) in [6.07, 6.45) is 4.90. The molecule has 0 aromatic heterocycles. The molecule has 2 heterocycles. The number of amides is 2. The number of hydrogen-bond acceptors (Lipinski definition) is 3. The predicted molar refractivity (Wildman–Crippen MR) is 126 cm³/mol. The highest BCUT2D eigenvalue weighted by atomic mass is 35.5. The van der Waals surface area contributed by atoms with Crippen molar-refractivity contribution < 1.29 is 18.7 Å². The number of hydrogen-bond donors (Lipinski definition) is 0. The lowest BCUT2D eigenvalue weighted by Gasteiger charge is -2.42. The van der Waals surface area contributed by atoms with Crippen molar-refractivity contribution in [3.05, 3.63) is 64.9 Å². The molecule has 2 fully saturated rings. The normalized spacial score (nSPS) is 18.1. The van der Waals surface area contributed by atoms with Crippen molar-refractivity contribution in [3.8, 4) is 5.75 Å². The first-order valence-corrected chi connectivity index (χ1v) is 12.0. The fourth-order valence-electron chi connectivity index (χ4n) is 4.70. The van der Waals surface area contributed by atoms with Crippen LogP contribution in [-0.2, 0) is 4.79 Å². The third kappa shape index (κ3) is 5.85. The minimum Gasteiger partial charge on any atom is -0.493 e. The van der Waals surface area contributed by atoms with E-state index in [0.29, 0.717) is 49.7 Å². The molecule has 2 aromatic rings. The summed E-state index contributed by atoms with van der Waals surface area (Å²) in [4.78, 5) is 29.7. The van der Waals surface area contributed by atoms with Gasteiger partial charge in [0.1, 0.15) is 11.6 Å². The number of ether oxygens (including phenoxy) is 1. The van der Waals surface area contributed by atoms with Crippen LogP contribution < -0.4 is 4.74 Å². The smallest absolute Gasteiger partial charge is 0.256 e. The van der Waals surface area contributed by atoms with Crippen LogP contribution in [0.1, 0.15) is 48.9 Å². The number of carbonyl (C=O) groups excluding carboxylic acids is 2. The second kappa shape index (κ2) is 10.6. The molecule has 7 heteroatoms. The van der Waals surface area contributed by atoms with Crippen LogP contribution in [0.2, 0.25) is 5.02 Å². The van der Waals surface area contributed by atoms with Gasteiger partial charge in [0.05, 0.1) is 12.2 Å². The van der Waals surface area contributed by atoms with E-state index in [0.717, 1.165) is 25.9 Å². The van der Waals surface area contributed by atoms with Crippen LogP contribution in [0.3, 0.4) is 0 Å². The van der Waals surface area contributed by atoms with Gasteiger partial charge in [-0.1, -0.05) is 23.7 Å². The molecule has 176 valence electrons. The van der Waals surface area contributed by atoms with Gasteiger partial charge < -0.3 is 14.5 Å². The van der Waals surface area contributed by atoms with Gasteiger partial charge >= 0.3 is 0 Å². The fourth-order valence-corrected chi connectivity index (χ4v) is 4.83. The summed E-state index contributed by atoms with van der Waals surface area (Å²) in [6, 6.07) is 13.3. The summed E-state index contributed by atoms with van der Waals surface area (Å²) in [6.45, 7) is 2.93. The van der Waals surface area contributed by atoms with Crippen molar-refractivity contribution in [2.75, 3.05) is 32.8 Å². The fraction of sp³-hybridized carbons (Fsp3) is 0.462. The Morgan fingerprint density at radius 2 is 1.58 bits per heavy atom. The van der Waals surface area contributed by atoms with E-state index in [4.69, 9.17) is 16.3 Å². The van der Waals surface area contributed by atoms with Crippen molar-refractivity contribution in [1.29, 1.82) is 0 Å². The molecule has 0 radical (unpaired) electrons. The molecule has 2 aliphatic rings. The van der Waals surface area contributed by atoms with E-state index in [1.807, 2.05) is 17.0 Å². The van der Waals surface area contributed by atoms with Crippen molar-refractivity contribution in [2.24, 2.45) is 5.41 Å². The van der Waals surface area contributed by atoms with Crippen molar-refractivity contribution in [1.82, 2.24) is 9.80 Å². The third-order valence-corrected chi connectivity index (χ3v) is 7.06. The van der Waals surface area contributed by atoms with Gasteiger partial charge in [-0.25, -0.2) is 4.39 Å². The second-order valence-corrected chi connectivity index (χ2v) is 9.57. The molecule has 0 bridgehead atoms. The number of rotatable bonds is 6. The first kappa shape index (κ1) is 23.6. The molecule has 2 amide bonds. The van der Waals surface area contributed by atoms with E-state index in [1.54, 1.807) is 29.2 Å². The molecule has 0 saturated carbocycles. The summed E-state index contributed by atoms with van der Waals surface area (Å²) in [5.41, 5.74) is -0.285. The summed E-state index contributed by atoms with van der Waals surface area (Å²) in [7, 11) is 0. The van der Waals surface area contributed by atoms with Gasteiger partial charge in [0, 0.05) is 43.0 Å². The molecule has 2 aliphatic heterocycles. The van der Waals surface area contributed by atoms with Gasteiger partial charge in [0.15, 0.2) is 0 Å². The van der Waals surface area contributed by atoms with Gasteiger partial charge in [-0.2, -0.15) is 0 Å². The van der Waals surface area contributed by atoms with Crippen molar-refractivity contribution >= 4 is 23.4 Å². The van der Waals surface area contributed by atoms with Crippen LogP contribution in [0.15, 0.2) is 48.5 Å². The van der Waals surface area contributed by atoms with E-state index >= 15 is 0 Å². The third-order valence-electron chi connectivity index (χ3n) is 6.81. The summed E-state index contributed by atoms with van der Waals surface area (Å²) < 4.78 is 20.2. The van der Waals surface area contributed by atoms with Crippen LogP contribution in [0, 0.1) is 11.2 Å². The molecule has 33 heavy (non-hydrogen) atoms. The molecule has 0 unspecified atom stereocenters. The summed E-state index contributed by atoms with van der Waals surface area (Å²) in [5, 5.41) is 0.636. The SMILES string of the molecule is O=C(CC1(COc2ccc(Cl)cc2)CCN(C(=O)c2ccccc2F)CC1)N1CCCCC1. The molecule has 0 atom stereocenters. The molecular weight excluding hydrogens is 443 g/mol. The molecule has 0 N–H and O–H groups in total. The molecule has 4 rings (SSSR count). The maximum Gasteiger partial charge on any atom is 0.256 e. The van der Waals surface area contributed by atoms with E-state index in [1.165, 1.54) is 18.6 Å². The largest absolute Gasteiger partial charge is 0.493 e. The van der Waals surface area contributed by atoms with Crippen LogP contribution in [0.25, 0.3) is 0 Å². The minimum absolute atomic E-state index is 0.0896. The number of benzene rings is 2. The average Bonchev–Trinajstić information content (AvgIpc) is 2.85. The van der Waals surface area contributed by atoms with Crippen LogP contribution >= 0.6 is 11.6 Å². The number of likely N-dealkylation sites (tertiary alicyclic amines) is 2. The first-order chi connectivity index (χ1) is 16.0. The van der Waals surface area contributed by atoms with Crippen LogP contribution in [0.5, 0.6) is 5.75 Å². The molecular formula is C26H30ClFN2O3. The number of halogens is 2. The highest BCUT2D eigenvalue weighted by Gasteiger charge is 2.40. The van der Waals surface area contributed by atoms with E-state index in [-0.39, 0.29) is 22.8 Å². The topological polar surface area (TPSA) is 49.9 Å². The quantitative estimate of drug-likeness (QED) is 0.581. The van der Waals surface area contributed by atoms with Crippen LogP contribution in [0.4, 0.5) is 4.39 Å². The standard InChI is InChI=1S/C26H30ClFN2O3/c27-20-8-10-21(11-9-20)33-19-26(18-24(31)29-14-4-1-5-15-29)12-16-30(17-13-26)25(32)22-6-2-3-7-23(22)28/h2-3,6-11H,1,4-5,12-19H2. The molecule has 5 nitrogen and oxygen atoms in total. The zero-order valence-electron chi connectivity index (χ0n) is 18.8. The Kier molecular flexibility index (Phi) is 7.53. The number of carbonyl (C=O) groups is 2. The monoisotopic (exact) mass is 472 g/mol. The predicted octanol–water partition coefficient (Wildman–Crippen LogP) is 5.18. The Morgan fingerprint density at radius 1 is 0.909 bits per heavy atom. The Balaban J connectivity index is 1.45. The Bertz CT molecular complexity index is 968. The van der Waals surface area contributed by atoms with E-state index in [2.05, 4.69) is 0 Å². The maximum absolute atomic E-state index is 14.1. The van der Waals surface area contributed by atoms with E-state index < -0.39 is 5.82 Å². The van der Waals surface area contributed by atoms with E-state index in [9.17, 15) is 14.0 Å². The van der Waals surface area contributed by atoms with Crippen molar-refractivity contribution in [3.63, 3.8) is 0 Å². The summed E-state index contributed by atoms with van der Waals surface area (Å²) >= 11 is 5.98. The number of nitrogens with zero attached hydrogens (tertiary/aromatic N) is 2. The van der Waals surface area contributed by atoms with Crippen LogP contribution in [-0.4, -0.2) is 54.4 Å². The Labute approximate surface area is 199 Å². The van der Waals surface area contributed by atoms with Gasteiger partial charge in [0.2, 0.25) is 5.91 Å². The lowest BCUT2D eigenvalue weighted by Crippen LogP contribution is -2.48. The average molecular weight is 473 g/mol. The molecule has 2 aromatic carbocycles. The maximum atomic E-state index is 14.1. The highest BCUT2D eigenvalue weighted by molar-refractivity contribution is 6.30. The molecule has 2 saturated heterocycles. The first-order valence-electron chi connectivity index (χ1n) is 11.7. The Hall–Kier alpha value is -2.60. The minimum atomic E-state index is -0.509. The summed E-state index contributed by atoms with van der Waals surface area (Å²) in [5.74, 6) is 0.0470.